The number of thioether (sulfide) groups is 1. The minimum absolute atomic E-state index is 0.410. The van der Waals surface area contributed by atoms with E-state index in [1.165, 1.54) is 0 Å². The van der Waals surface area contributed by atoms with Crippen molar-refractivity contribution in [3.63, 3.8) is 0 Å². The van der Waals surface area contributed by atoms with E-state index in [2.05, 4.69) is 37.2 Å². The van der Waals surface area contributed by atoms with Crippen molar-refractivity contribution in [2.45, 2.75) is 37.7 Å². The molecule has 2 aromatic carbocycles. The predicted molar refractivity (Wildman–Crippen MR) is 119 cm³/mol. The molecule has 0 unspecified atom stereocenters. The summed E-state index contributed by atoms with van der Waals surface area (Å²) in [4.78, 5) is 4.47. The number of nitrogens with zero attached hydrogens (tertiary/aromatic N) is 4. The van der Waals surface area contributed by atoms with Crippen LogP contribution in [0.15, 0.2) is 58.2 Å². The van der Waals surface area contributed by atoms with E-state index in [9.17, 15) is 0 Å². The second-order valence-electron chi connectivity index (χ2n) is 7.17. The minimum Gasteiger partial charge on any atom is -0.460 e. The molecule has 3 heterocycles. The Morgan fingerprint density at radius 3 is 2.80 bits per heavy atom. The number of hydrogen-bond donors (Lipinski definition) is 0. The minimum atomic E-state index is -0.410. The Kier molecular flexibility index (Phi) is 5.22. The van der Waals surface area contributed by atoms with E-state index in [4.69, 9.17) is 9.47 Å². The summed E-state index contributed by atoms with van der Waals surface area (Å²) in [7, 11) is 0. The number of fused-ring (bicyclic) bond motifs is 2. The molecule has 0 fully saturated rings. The molecular formula is C22H19BrN4O2S. The number of halogens is 1. The third-order valence-electron chi connectivity index (χ3n) is 4.91. The first-order valence-corrected chi connectivity index (χ1v) is 11.3. The predicted octanol–water partition coefficient (Wildman–Crippen LogP) is 5.40. The van der Waals surface area contributed by atoms with Gasteiger partial charge in [-0.2, -0.15) is 0 Å². The number of rotatable bonds is 4. The van der Waals surface area contributed by atoms with Crippen molar-refractivity contribution < 1.29 is 9.47 Å². The molecule has 0 aliphatic carbocycles. The molecule has 30 heavy (non-hydrogen) atoms. The highest BCUT2D eigenvalue weighted by Crippen LogP contribution is 2.40. The van der Waals surface area contributed by atoms with Gasteiger partial charge in [-0.1, -0.05) is 58.0 Å². The van der Waals surface area contributed by atoms with Gasteiger partial charge in [-0.25, -0.2) is 4.98 Å². The second-order valence-corrected chi connectivity index (χ2v) is 9.03. The van der Waals surface area contributed by atoms with E-state index in [1.807, 2.05) is 60.7 Å². The van der Waals surface area contributed by atoms with Gasteiger partial charge in [-0.05, 0) is 32.0 Å². The Hall–Kier alpha value is -2.42. The van der Waals surface area contributed by atoms with Crippen LogP contribution < -0.4 is 4.74 Å². The van der Waals surface area contributed by atoms with Gasteiger partial charge in [0.2, 0.25) is 6.29 Å². The fraction of sp³-hybridized carbons (Fsp3) is 0.227. The van der Waals surface area contributed by atoms with Crippen LogP contribution in [0.3, 0.4) is 0 Å². The fourth-order valence-electron chi connectivity index (χ4n) is 3.59. The zero-order chi connectivity index (χ0) is 20.7. The first-order chi connectivity index (χ1) is 14.6. The topological polar surface area (TPSA) is 61.5 Å². The maximum Gasteiger partial charge on any atom is 0.256 e. The number of aromatic nitrogens is 4. The lowest BCUT2D eigenvalue weighted by Crippen LogP contribution is -2.19. The molecule has 0 saturated carbocycles. The van der Waals surface area contributed by atoms with Gasteiger partial charge in [0.15, 0.2) is 5.16 Å². The SMILES string of the molecule is Cc1cc(C)n2c(SCc3cc(Br)cc4c3O[C@@H](c3ccccc3)OC4)nnc2n1. The largest absolute Gasteiger partial charge is 0.460 e. The van der Waals surface area contributed by atoms with Crippen LogP contribution in [0.5, 0.6) is 5.75 Å². The van der Waals surface area contributed by atoms with Crippen LogP contribution in [0.1, 0.15) is 34.4 Å². The molecule has 6 nitrogen and oxygen atoms in total. The van der Waals surface area contributed by atoms with Crippen molar-refractivity contribution in [3.8, 4) is 5.75 Å². The van der Waals surface area contributed by atoms with Gasteiger partial charge in [0.1, 0.15) is 5.75 Å². The highest BCUT2D eigenvalue weighted by Gasteiger charge is 2.25. The summed E-state index contributed by atoms with van der Waals surface area (Å²) in [6.07, 6.45) is -0.410. The first kappa shape index (κ1) is 19.5. The van der Waals surface area contributed by atoms with Crippen LogP contribution in [-0.4, -0.2) is 19.6 Å². The summed E-state index contributed by atoms with van der Waals surface area (Å²) in [6.45, 7) is 4.51. The Bertz CT molecular complexity index is 1230. The average Bonchev–Trinajstić information content (AvgIpc) is 3.15. The summed E-state index contributed by atoms with van der Waals surface area (Å²) in [5.74, 6) is 2.20. The summed E-state index contributed by atoms with van der Waals surface area (Å²) in [5, 5.41) is 9.39. The van der Waals surface area contributed by atoms with Crippen LogP contribution in [0, 0.1) is 13.8 Å². The van der Waals surface area contributed by atoms with Crippen molar-refractivity contribution in [1.29, 1.82) is 0 Å². The molecule has 5 rings (SSSR count). The van der Waals surface area contributed by atoms with Gasteiger partial charge in [0.25, 0.3) is 5.78 Å². The molecule has 0 N–H and O–H groups in total. The van der Waals surface area contributed by atoms with Crippen LogP contribution in [-0.2, 0) is 17.1 Å². The van der Waals surface area contributed by atoms with Crippen LogP contribution in [0.25, 0.3) is 5.78 Å². The van der Waals surface area contributed by atoms with Crippen molar-refractivity contribution >= 4 is 33.5 Å². The molecule has 8 heteroatoms. The molecule has 0 amide bonds. The van der Waals surface area contributed by atoms with Crippen LogP contribution in [0.2, 0.25) is 0 Å². The quantitative estimate of drug-likeness (QED) is 0.362. The molecule has 1 aliphatic rings. The lowest BCUT2D eigenvalue weighted by molar-refractivity contribution is -0.111. The normalized spacial score (nSPS) is 15.8. The number of ether oxygens (including phenoxy) is 2. The smallest absolute Gasteiger partial charge is 0.256 e. The zero-order valence-electron chi connectivity index (χ0n) is 16.5. The maximum atomic E-state index is 6.29. The number of benzene rings is 2. The molecule has 1 atom stereocenters. The molecule has 0 saturated heterocycles. The standard InChI is InChI=1S/C22H19BrN4O2S/c1-13-8-14(2)27-21(24-13)25-26-22(27)30-12-17-10-18(23)9-16-11-28-20(29-19(16)17)15-6-4-3-5-7-15/h3-10,20H,11-12H2,1-2H3/t20-/m0/s1. The number of hydrogen-bond acceptors (Lipinski definition) is 6. The Balaban J connectivity index is 1.44. The van der Waals surface area contributed by atoms with Gasteiger partial charge < -0.3 is 9.47 Å². The summed E-state index contributed by atoms with van der Waals surface area (Å²) in [6, 6.07) is 16.2. The Labute approximate surface area is 186 Å². The molecule has 152 valence electrons. The van der Waals surface area contributed by atoms with Gasteiger partial charge in [-0.15, -0.1) is 10.2 Å². The monoisotopic (exact) mass is 482 g/mol. The highest BCUT2D eigenvalue weighted by molar-refractivity contribution is 9.10. The zero-order valence-corrected chi connectivity index (χ0v) is 18.9. The highest BCUT2D eigenvalue weighted by atomic mass is 79.9. The molecule has 0 spiro atoms. The van der Waals surface area contributed by atoms with E-state index in [0.29, 0.717) is 18.1 Å². The van der Waals surface area contributed by atoms with Gasteiger partial charge >= 0.3 is 0 Å². The van der Waals surface area contributed by atoms with Gasteiger partial charge in [0.05, 0.1) is 6.61 Å². The van der Waals surface area contributed by atoms with Gasteiger partial charge in [-0.3, -0.25) is 4.40 Å². The maximum absolute atomic E-state index is 6.29. The molecule has 1 aliphatic heterocycles. The van der Waals surface area contributed by atoms with E-state index in [1.54, 1.807) is 11.8 Å². The summed E-state index contributed by atoms with van der Waals surface area (Å²) in [5.41, 5.74) is 5.13. The van der Waals surface area contributed by atoms with Crippen LogP contribution in [0.4, 0.5) is 0 Å². The average molecular weight is 483 g/mol. The molecule has 2 aromatic heterocycles. The van der Waals surface area contributed by atoms with E-state index in [0.717, 1.165) is 43.5 Å². The third kappa shape index (κ3) is 3.71. The van der Waals surface area contributed by atoms with Crippen molar-refractivity contribution in [2.75, 3.05) is 0 Å². The summed E-state index contributed by atoms with van der Waals surface area (Å²) >= 11 is 5.23. The lowest BCUT2D eigenvalue weighted by Gasteiger charge is -2.28. The van der Waals surface area contributed by atoms with Crippen molar-refractivity contribution in [3.05, 3.63) is 81.1 Å². The molecular weight excluding hydrogens is 464 g/mol. The number of aryl methyl sites for hydroxylation is 2. The van der Waals surface area contributed by atoms with E-state index in [-0.39, 0.29) is 0 Å². The van der Waals surface area contributed by atoms with Crippen molar-refractivity contribution in [1.82, 2.24) is 19.6 Å². The van der Waals surface area contributed by atoms with E-state index >= 15 is 0 Å². The molecule has 0 radical (unpaired) electrons. The summed E-state index contributed by atoms with van der Waals surface area (Å²) < 4.78 is 15.2. The lowest BCUT2D eigenvalue weighted by atomic mass is 10.1. The first-order valence-electron chi connectivity index (χ1n) is 9.55. The Morgan fingerprint density at radius 2 is 1.97 bits per heavy atom. The fourth-order valence-corrected chi connectivity index (χ4v) is 5.10. The molecule has 0 bridgehead atoms. The molecule has 4 aromatic rings. The Morgan fingerprint density at radius 1 is 1.13 bits per heavy atom. The van der Waals surface area contributed by atoms with Crippen molar-refractivity contribution in [2.24, 2.45) is 0 Å². The van der Waals surface area contributed by atoms with Gasteiger partial charge in [0, 0.05) is 38.3 Å². The third-order valence-corrected chi connectivity index (χ3v) is 6.35. The van der Waals surface area contributed by atoms with Crippen LogP contribution >= 0.6 is 27.7 Å². The second kappa shape index (κ2) is 8.02. The van der Waals surface area contributed by atoms with E-state index < -0.39 is 6.29 Å².